The van der Waals surface area contributed by atoms with Gasteiger partial charge in [-0.15, -0.1) is 0 Å². The molecule has 0 saturated carbocycles. The van der Waals surface area contributed by atoms with Crippen LogP contribution < -0.4 is 15.7 Å². The Morgan fingerprint density at radius 2 is 1.69 bits per heavy atom. The molecular formula is C27H22ClNO6. The summed E-state index contributed by atoms with van der Waals surface area (Å²) in [6, 6.07) is 21.0. The van der Waals surface area contributed by atoms with Gasteiger partial charge >= 0.3 is 17.7 Å². The number of hydrogen-bond acceptors (Lipinski definition) is 6. The Balaban J connectivity index is 1.57. The lowest BCUT2D eigenvalue weighted by Gasteiger charge is -2.18. The fourth-order valence-electron chi connectivity index (χ4n) is 3.57. The molecule has 1 unspecified atom stereocenters. The Labute approximate surface area is 206 Å². The van der Waals surface area contributed by atoms with Crippen LogP contribution in [0.2, 0.25) is 5.02 Å². The van der Waals surface area contributed by atoms with E-state index in [2.05, 4.69) is 5.32 Å². The summed E-state index contributed by atoms with van der Waals surface area (Å²) in [5, 5.41) is 3.37. The number of fused-ring (bicyclic) bond motifs is 1. The summed E-state index contributed by atoms with van der Waals surface area (Å²) in [6.45, 7) is 1.95. The number of carbonyl (C=O) groups excluding carboxylic acids is 2. The highest BCUT2D eigenvalue weighted by Crippen LogP contribution is 2.32. The second kappa shape index (κ2) is 10.9. The molecule has 0 aliphatic carbocycles. The maximum absolute atomic E-state index is 13.2. The van der Waals surface area contributed by atoms with Gasteiger partial charge in [-0.3, -0.25) is 0 Å². The fourth-order valence-corrected chi connectivity index (χ4v) is 3.77. The maximum Gasteiger partial charge on any atom is 0.408 e. The van der Waals surface area contributed by atoms with Crippen LogP contribution in [0.15, 0.2) is 88.1 Å². The number of halogens is 1. The van der Waals surface area contributed by atoms with Crippen molar-refractivity contribution in [3.63, 3.8) is 0 Å². The molecule has 1 N–H and O–H groups in total. The first-order valence-electron chi connectivity index (χ1n) is 10.9. The lowest BCUT2D eigenvalue weighted by Crippen LogP contribution is -2.36. The molecule has 0 aliphatic heterocycles. The number of carbonyl (C=O) groups is 2. The summed E-state index contributed by atoms with van der Waals surface area (Å²) in [5.74, 6) is -0.788. The van der Waals surface area contributed by atoms with Gasteiger partial charge in [-0.05, 0) is 29.2 Å². The van der Waals surface area contributed by atoms with E-state index in [0.29, 0.717) is 17.4 Å². The van der Waals surface area contributed by atoms with Gasteiger partial charge in [-0.1, -0.05) is 79.2 Å². The molecule has 4 aromatic rings. The Bertz CT molecular complexity index is 1400. The summed E-state index contributed by atoms with van der Waals surface area (Å²) in [7, 11) is 0. The van der Waals surface area contributed by atoms with E-state index in [1.807, 2.05) is 37.3 Å². The average Bonchev–Trinajstić information content (AvgIpc) is 2.87. The number of rotatable bonds is 7. The minimum absolute atomic E-state index is 0.000883. The van der Waals surface area contributed by atoms with Crippen LogP contribution in [0.5, 0.6) is 5.75 Å². The summed E-state index contributed by atoms with van der Waals surface area (Å²) >= 11 is 6.38. The van der Waals surface area contributed by atoms with Crippen LogP contribution in [-0.2, 0) is 22.6 Å². The Hall–Kier alpha value is -4.10. The van der Waals surface area contributed by atoms with Crippen molar-refractivity contribution in [3.8, 4) is 5.75 Å². The average molecular weight is 492 g/mol. The van der Waals surface area contributed by atoms with Crippen LogP contribution >= 0.6 is 11.6 Å². The topological polar surface area (TPSA) is 94.8 Å². The number of esters is 1. The largest absolute Gasteiger partial charge is 0.445 e. The van der Waals surface area contributed by atoms with Crippen molar-refractivity contribution in [3.05, 3.63) is 111 Å². The molecule has 7 nitrogen and oxygen atoms in total. The molecule has 0 bridgehead atoms. The number of amides is 1. The van der Waals surface area contributed by atoms with E-state index in [1.54, 1.807) is 36.4 Å². The zero-order valence-electron chi connectivity index (χ0n) is 18.8. The lowest BCUT2D eigenvalue weighted by atomic mass is 10.1. The quantitative estimate of drug-likeness (QED) is 0.206. The van der Waals surface area contributed by atoms with Crippen molar-refractivity contribution in [2.24, 2.45) is 0 Å². The molecule has 8 heteroatoms. The van der Waals surface area contributed by atoms with Crippen molar-refractivity contribution >= 4 is 34.6 Å². The second-order valence-corrected chi connectivity index (χ2v) is 8.10. The summed E-state index contributed by atoms with van der Waals surface area (Å²) in [5.41, 5.74) is 1.79. The van der Waals surface area contributed by atoms with Crippen LogP contribution in [0, 0.1) is 0 Å². The van der Waals surface area contributed by atoms with Gasteiger partial charge in [0.05, 0.1) is 5.02 Å². The number of ether oxygens (including phenoxy) is 2. The third-order valence-electron chi connectivity index (χ3n) is 5.32. The summed E-state index contributed by atoms with van der Waals surface area (Å²) < 4.78 is 16.1. The van der Waals surface area contributed by atoms with Gasteiger partial charge in [0.15, 0.2) is 11.8 Å². The number of nitrogens with one attached hydrogen (secondary N) is 1. The maximum atomic E-state index is 13.2. The zero-order chi connectivity index (χ0) is 24.8. The van der Waals surface area contributed by atoms with Crippen LogP contribution in [0.1, 0.15) is 29.7 Å². The predicted molar refractivity (Wildman–Crippen MR) is 131 cm³/mol. The first kappa shape index (κ1) is 24.0. The highest BCUT2D eigenvalue weighted by molar-refractivity contribution is 6.33. The van der Waals surface area contributed by atoms with Crippen LogP contribution in [0.25, 0.3) is 11.0 Å². The molecule has 1 amide bonds. The SMILES string of the molecule is CCc1cc(=O)oc2cc(OC(=O)C(NC(=O)OCc3ccccc3)c3ccccc3)c(Cl)cc12. The molecule has 178 valence electrons. The van der Waals surface area contributed by atoms with Crippen LogP contribution in [0.3, 0.4) is 0 Å². The molecule has 1 aromatic heterocycles. The van der Waals surface area contributed by atoms with E-state index in [0.717, 1.165) is 11.1 Å². The lowest BCUT2D eigenvalue weighted by molar-refractivity contribution is -0.136. The fraction of sp³-hybridized carbons (Fsp3) is 0.148. The highest BCUT2D eigenvalue weighted by atomic mass is 35.5. The van der Waals surface area contributed by atoms with Crippen LogP contribution in [-0.4, -0.2) is 12.1 Å². The van der Waals surface area contributed by atoms with E-state index in [4.69, 9.17) is 25.5 Å². The molecular weight excluding hydrogens is 470 g/mol. The molecule has 1 heterocycles. The molecule has 35 heavy (non-hydrogen) atoms. The molecule has 1 atom stereocenters. The first-order chi connectivity index (χ1) is 16.9. The monoisotopic (exact) mass is 491 g/mol. The van der Waals surface area contributed by atoms with Crippen molar-refractivity contribution in [2.75, 3.05) is 0 Å². The smallest absolute Gasteiger partial charge is 0.408 e. The minimum atomic E-state index is -1.17. The Morgan fingerprint density at radius 1 is 1.00 bits per heavy atom. The van der Waals surface area contributed by atoms with Crippen LogP contribution in [0.4, 0.5) is 4.79 Å². The Morgan fingerprint density at radius 3 is 2.37 bits per heavy atom. The number of aryl methyl sites for hydroxylation is 1. The zero-order valence-corrected chi connectivity index (χ0v) is 19.6. The van der Waals surface area contributed by atoms with Crippen molar-refractivity contribution < 1.29 is 23.5 Å². The van der Waals surface area contributed by atoms with Gasteiger partial charge in [0.25, 0.3) is 0 Å². The van der Waals surface area contributed by atoms with E-state index >= 15 is 0 Å². The number of hydrogen-bond donors (Lipinski definition) is 1. The van der Waals surface area contributed by atoms with Gasteiger partial charge in [0.2, 0.25) is 0 Å². The van der Waals surface area contributed by atoms with Gasteiger partial charge in [0, 0.05) is 17.5 Å². The molecule has 0 radical (unpaired) electrons. The molecule has 0 aliphatic rings. The Kier molecular flexibility index (Phi) is 7.48. The minimum Gasteiger partial charge on any atom is -0.445 e. The molecule has 3 aromatic carbocycles. The first-order valence-corrected chi connectivity index (χ1v) is 11.3. The predicted octanol–water partition coefficient (Wildman–Crippen LogP) is 5.58. The van der Waals surface area contributed by atoms with Crippen molar-refractivity contribution in [1.29, 1.82) is 0 Å². The van der Waals surface area contributed by atoms with E-state index in [-0.39, 0.29) is 23.0 Å². The van der Waals surface area contributed by atoms with Gasteiger partial charge in [0.1, 0.15) is 12.2 Å². The standard InChI is InChI=1S/C27H22ClNO6/c1-2-18-13-24(30)34-22-15-23(21(28)14-20(18)22)35-26(31)25(19-11-7-4-8-12-19)29-27(32)33-16-17-9-5-3-6-10-17/h3-15,25H,2,16H2,1H3,(H,29,32). The van der Waals surface area contributed by atoms with Crippen molar-refractivity contribution in [1.82, 2.24) is 5.32 Å². The molecule has 0 fully saturated rings. The van der Waals surface area contributed by atoms with Crippen molar-refractivity contribution in [2.45, 2.75) is 26.0 Å². The number of alkyl carbamates (subject to hydrolysis) is 1. The number of benzene rings is 3. The van der Waals surface area contributed by atoms with E-state index in [9.17, 15) is 14.4 Å². The molecule has 0 spiro atoms. The summed E-state index contributed by atoms with van der Waals surface area (Å²) in [6.07, 6.45) is -0.189. The third-order valence-corrected chi connectivity index (χ3v) is 5.61. The third kappa shape index (κ3) is 5.88. The van der Waals surface area contributed by atoms with Gasteiger partial charge in [-0.2, -0.15) is 0 Å². The van der Waals surface area contributed by atoms with Gasteiger partial charge < -0.3 is 19.2 Å². The molecule has 4 rings (SSSR count). The van der Waals surface area contributed by atoms with E-state index in [1.165, 1.54) is 12.1 Å². The normalized spacial score (nSPS) is 11.6. The van der Waals surface area contributed by atoms with E-state index < -0.39 is 23.7 Å². The highest BCUT2D eigenvalue weighted by Gasteiger charge is 2.26. The second-order valence-electron chi connectivity index (χ2n) is 7.69. The molecule has 0 saturated heterocycles. The van der Waals surface area contributed by atoms with Gasteiger partial charge in [-0.25, -0.2) is 14.4 Å². The summed E-state index contributed by atoms with van der Waals surface area (Å²) in [4.78, 5) is 37.5.